The van der Waals surface area contributed by atoms with Crippen molar-refractivity contribution >= 4 is 17.0 Å². The van der Waals surface area contributed by atoms with Crippen LogP contribution in [0.25, 0.3) is 11.3 Å². The van der Waals surface area contributed by atoms with Gasteiger partial charge in [0.1, 0.15) is 11.5 Å². The second-order valence-electron chi connectivity index (χ2n) is 8.86. The van der Waals surface area contributed by atoms with Crippen LogP contribution in [0.5, 0.6) is 11.5 Å². The van der Waals surface area contributed by atoms with Crippen molar-refractivity contribution in [2.45, 2.75) is 32.1 Å². The highest BCUT2D eigenvalue weighted by atomic mass is 32.1. The molecule has 174 valence electrons. The number of hydrogen-bond acceptors (Lipinski definition) is 6. The van der Waals surface area contributed by atoms with Crippen LogP contribution in [-0.4, -0.2) is 56.8 Å². The Balaban J connectivity index is 1.09. The molecule has 0 spiro atoms. The number of hydrogen-bond donors (Lipinski definition) is 0. The van der Waals surface area contributed by atoms with Crippen LogP contribution in [-0.2, 0) is 19.3 Å². The number of rotatable bonds is 8. The van der Waals surface area contributed by atoms with E-state index in [0.29, 0.717) is 0 Å². The minimum Gasteiger partial charge on any atom is -0.497 e. The molecule has 0 N–H and O–H groups in total. The minimum atomic E-state index is 0.941. The number of aryl methyl sites for hydroxylation is 3. The Morgan fingerprint density at radius 3 is 2.61 bits per heavy atom. The van der Waals surface area contributed by atoms with Crippen molar-refractivity contribution in [2.75, 3.05) is 51.8 Å². The topological polar surface area (TPSA) is 37.8 Å². The summed E-state index contributed by atoms with van der Waals surface area (Å²) in [5.41, 5.74) is 5.09. The highest BCUT2D eigenvalue weighted by Gasteiger charge is 2.22. The maximum absolute atomic E-state index is 5.54. The van der Waals surface area contributed by atoms with Gasteiger partial charge in [0.15, 0.2) is 0 Å². The van der Waals surface area contributed by atoms with E-state index in [-0.39, 0.29) is 0 Å². The number of aromatic nitrogens is 1. The molecule has 0 atom stereocenters. The quantitative estimate of drug-likeness (QED) is 0.436. The number of thiazole rings is 1. The van der Waals surface area contributed by atoms with E-state index in [1.807, 2.05) is 23.5 Å². The van der Waals surface area contributed by atoms with Crippen molar-refractivity contribution in [2.24, 2.45) is 0 Å². The lowest BCUT2D eigenvalue weighted by Gasteiger charge is -2.36. The van der Waals surface area contributed by atoms with Gasteiger partial charge in [-0.3, -0.25) is 4.90 Å². The summed E-state index contributed by atoms with van der Waals surface area (Å²) in [7, 11) is 3.49. The Bertz CT molecular complexity index is 1090. The molecule has 2 heterocycles. The molecule has 1 aliphatic carbocycles. The van der Waals surface area contributed by atoms with E-state index >= 15 is 0 Å². The summed E-state index contributed by atoms with van der Waals surface area (Å²) in [6, 6.07) is 14.7. The van der Waals surface area contributed by atoms with Crippen molar-refractivity contribution in [1.29, 1.82) is 0 Å². The van der Waals surface area contributed by atoms with Gasteiger partial charge in [-0.25, -0.2) is 4.98 Å². The Morgan fingerprint density at radius 2 is 1.79 bits per heavy atom. The van der Waals surface area contributed by atoms with Crippen molar-refractivity contribution in [3.05, 3.63) is 57.9 Å². The van der Waals surface area contributed by atoms with Gasteiger partial charge in [0.05, 0.1) is 30.6 Å². The third kappa shape index (κ3) is 4.87. The summed E-state index contributed by atoms with van der Waals surface area (Å²) in [5.74, 6) is 1.91. The largest absolute Gasteiger partial charge is 0.497 e. The van der Waals surface area contributed by atoms with E-state index in [1.165, 1.54) is 51.8 Å². The number of nitrogens with zero attached hydrogens (tertiary/aromatic N) is 3. The van der Waals surface area contributed by atoms with Crippen LogP contribution in [0.3, 0.4) is 0 Å². The fourth-order valence-corrected chi connectivity index (χ4v) is 6.11. The van der Waals surface area contributed by atoms with Crippen molar-refractivity contribution in [1.82, 2.24) is 9.88 Å². The molecular formula is C27H33N3O2S. The molecule has 0 amide bonds. The second kappa shape index (κ2) is 10.1. The third-order valence-corrected chi connectivity index (χ3v) is 8.02. The zero-order valence-corrected chi connectivity index (χ0v) is 20.5. The molecule has 6 heteroatoms. The van der Waals surface area contributed by atoms with Gasteiger partial charge in [0.2, 0.25) is 0 Å². The van der Waals surface area contributed by atoms with Crippen molar-refractivity contribution in [3.8, 4) is 22.8 Å². The molecule has 5 nitrogen and oxygen atoms in total. The van der Waals surface area contributed by atoms with Crippen LogP contribution >= 0.6 is 11.3 Å². The molecule has 0 bridgehead atoms. The summed E-state index contributed by atoms with van der Waals surface area (Å²) in [6.07, 6.45) is 5.71. The van der Waals surface area contributed by atoms with Gasteiger partial charge < -0.3 is 14.4 Å². The summed E-state index contributed by atoms with van der Waals surface area (Å²) in [4.78, 5) is 11.5. The SMILES string of the molecule is COc1ccc2c(c1)CCc1sc(CCCCN3CCN(c4ccccc4OC)CC3)nc1-2. The van der Waals surface area contributed by atoms with Crippen LogP contribution in [0, 0.1) is 0 Å². The molecule has 0 radical (unpaired) electrons. The molecule has 1 aromatic heterocycles. The first-order valence-corrected chi connectivity index (χ1v) is 12.8. The Hall–Kier alpha value is -2.57. The van der Waals surface area contributed by atoms with E-state index in [4.69, 9.17) is 14.5 Å². The van der Waals surface area contributed by atoms with E-state index in [9.17, 15) is 0 Å². The first kappa shape index (κ1) is 22.2. The average molecular weight is 464 g/mol. The molecule has 1 fully saturated rings. The van der Waals surface area contributed by atoms with Crippen LogP contribution in [0.2, 0.25) is 0 Å². The van der Waals surface area contributed by atoms with Gasteiger partial charge >= 0.3 is 0 Å². The van der Waals surface area contributed by atoms with Gasteiger partial charge in [0.25, 0.3) is 0 Å². The fraction of sp³-hybridized carbons (Fsp3) is 0.444. The van der Waals surface area contributed by atoms with E-state index < -0.39 is 0 Å². The summed E-state index contributed by atoms with van der Waals surface area (Å²) in [5, 5.41) is 1.30. The molecule has 5 rings (SSSR count). The van der Waals surface area contributed by atoms with Crippen LogP contribution in [0.4, 0.5) is 5.69 Å². The van der Waals surface area contributed by atoms with Crippen LogP contribution in [0.1, 0.15) is 28.3 Å². The lowest BCUT2D eigenvalue weighted by Crippen LogP contribution is -2.46. The standard InChI is InChI=1S/C27H33N3O2S/c1-31-21-11-12-22-20(19-21)10-13-25-27(22)28-26(33-25)9-5-6-14-29-15-17-30(18-16-29)23-7-3-4-8-24(23)32-2/h3-4,7-8,11-12,19H,5-6,9-10,13-18H2,1-2H3. The van der Waals surface area contributed by atoms with E-state index in [1.54, 1.807) is 14.2 Å². The highest BCUT2D eigenvalue weighted by molar-refractivity contribution is 7.12. The number of benzene rings is 2. The molecule has 1 aliphatic heterocycles. The third-order valence-electron chi connectivity index (χ3n) is 6.84. The number of piperazine rings is 1. The molecule has 3 aromatic rings. The van der Waals surface area contributed by atoms with Gasteiger partial charge in [-0.1, -0.05) is 12.1 Å². The zero-order chi connectivity index (χ0) is 22.6. The van der Waals surface area contributed by atoms with Crippen molar-refractivity contribution < 1.29 is 9.47 Å². The molecule has 1 saturated heterocycles. The molecule has 0 unspecified atom stereocenters. The fourth-order valence-electron chi connectivity index (χ4n) is 4.99. The van der Waals surface area contributed by atoms with E-state index in [2.05, 4.69) is 40.1 Å². The lowest BCUT2D eigenvalue weighted by atomic mass is 9.93. The first-order chi connectivity index (χ1) is 16.2. The number of anilines is 1. The summed E-state index contributed by atoms with van der Waals surface area (Å²) >= 11 is 1.92. The van der Waals surface area contributed by atoms with Crippen molar-refractivity contribution in [3.63, 3.8) is 0 Å². The first-order valence-electron chi connectivity index (χ1n) is 12.0. The number of para-hydroxylation sites is 2. The number of methoxy groups -OCH3 is 2. The van der Waals surface area contributed by atoms with Crippen LogP contribution < -0.4 is 14.4 Å². The minimum absolute atomic E-state index is 0.941. The summed E-state index contributed by atoms with van der Waals surface area (Å²) in [6.45, 7) is 5.52. The number of ether oxygens (including phenoxy) is 2. The Labute approximate surface area is 201 Å². The van der Waals surface area contributed by atoms with E-state index in [0.717, 1.165) is 56.9 Å². The average Bonchev–Trinajstić information content (AvgIpc) is 3.30. The Morgan fingerprint density at radius 1 is 0.939 bits per heavy atom. The molecule has 2 aromatic carbocycles. The monoisotopic (exact) mass is 463 g/mol. The second-order valence-corrected chi connectivity index (χ2v) is 10.0. The number of fused-ring (bicyclic) bond motifs is 3. The molecule has 0 saturated carbocycles. The normalized spacial score (nSPS) is 15.8. The highest BCUT2D eigenvalue weighted by Crippen LogP contribution is 2.38. The Kier molecular flexibility index (Phi) is 6.83. The molecule has 33 heavy (non-hydrogen) atoms. The van der Waals surface area contributed by atoms with Crippen LogP contribution in [0.15, 0.2) is 42.5 Å². The van der Waals surface area contributed by atoms with Gasteiger partial charge in [-0.05, 0) is 74.5 Å². The maximum atomic E-state index is 5.54. The number of unbranched alkanes of at least 4 members (excludes halogenated alkanes) is 1. The zero-order valence-electron chi connectivity index (χ0n) is 19.7. The molecular weight excluding hydrogens is 430 g/mol. The molecule has 2 aliphatic rings. The van der Waals surface area contributed by atoms with Gasteiger partial charge in [-0.15, -0.1) is 11.3 Å². The maximum Gasteiger partial charge on any atom is 0.142 e. The predicted octanol–water partition coefficient (Wildman–Crippen LogP) is 5.07. The predicted molar refractivity (Wildman–Crippen MR) is 136 cm³/mol. The van der Waals surface area contributed by atoms with Gasteiger partial charge in [0, 0.05) is 36.6 Å². The lowest BCUT2D eigenvalue weighted by molar-refractivity contribution is 0.252. The summed E-state index contributed by atoms with van der Waals surface area (Å²) < 4.78 is 10.9. The smallest absolute Gasteiger partial charge is 0.142 e. The van der Waals surface area contributed by atoms with Gasteiger partial charge in [-0.2, -0.15) is 0 Å².